The minimum atomic E-state index is -0.923. The van der Waals surface area contributed by atoms with Crippen LogP contribution in [0.25, 0.3) is 10.9 Å². The van der Waals surface area contributed by atoms with E-state index in [1.807, 2.05) is 12.1 Å². The van der Waals surface area contributed by atoms with Crippen molar-refractivity contribution in [1.29, 1.82) is 0 Å². The van der Waals surface area contributed by atoms with Crippen molar-refractivity contribution in [2.75, 3.05) is 13.1 Å². The molecule has 3 atom stereocenters. The molecule has 1 aromatic carbocycles. The van der Waals surface area contributed by atoms with Gasteiger partial charge in [0.05, 0.1) is 23.4 Å². The van der Waals surface area contributed by atoms with Crippen LogP contribution in [0.1, 0.15) is 51.9 Å². The Kier molecular flexibility index (Phi) is 7.08. The Balaban J connectivity index is 2.14. The molecule has 29 heavy (non-hydrogen) atoms. The molecule has 1 saturated heterocycles. The summed E-state index contributed by atoms with van der Waals surface area (Å²) in [4.78, 5) is 31.8. The molecule has 1 aromatic heterocycles. The molecule has 0 bridgehead atoms. The number of rotatable bonds is 7. The van der Waals surface area contributed by atoms with Crippen LogP contribution < -0.4 is 10.9 Å². The summed E-state index contributed by atoms with van der Waals surface area (Å²) in [5, 5.41) is 13.3. The maximum atomic E-state index is 13.3. The van der Waals surface area contributed by atoms with E-state index in [9.17, 15) is 14.7 Å². The number of carboxylic acid groups (broad SMARTS) is 1. The van der Waals surface area contributed by atoms with Gasteiger partial charge in [-0.25, -0.2) is 4.98 Å². The van der Waals surface area contributed by atoms with Crippen molar-refractivity contribution in [3.8, 4) is 0 Å². The van der Waals surface area contributed by atoms with Gasteiger partial charge in [0, 0.05) is 36.2 Å². The van der Waals surface area contributed by atoms with Crippen LogP contribution in [0.2, 0.25) is 0 Å². The van der Waals surface area contributed by atoms with Crippen molar-refractivity contribution in [3.63, 3.8) is 0 Å². The van der Waals surface area contributed by atoms with Crippen LogP contribution in [0.15, 0.2) is 27.5 Å². The molecule has 3 rings (SSSR count). The van der Waals surface area contributed by atoms with Crippen molar-refractivity contribution < 1.29 is 9.90 Å². The van der Waals surface area contributed by atoms with Gasteiger partial charge in [0.15, 0.2) is 0 Å². The Hall–Kier alpha value is -1.77. The zero-order valence-corrected chi connectivity index (χ0v) is 18.8. The van der Waals surface area contributed by atoms with Gasteiger partial charge in [-0.3, -0.25) is 19.1 Å². The lowest BCUT2D eigenvalue weighted by atomic mass is 10.0. The van der Waals surface area contributed by atoms with Gasteiger partial charge in [-0.05, 0) is 38.5 Å². The van der Waals surface area contributed by atoms with E-state index >= 15 is 0 Å². The van der Waals surface area contributed by atoms with Gasteiger partial charge < -0.3 is 10.4 Å². The highest BCUT2D eigenvalue weighted by Gasteiger charge is 2.31. The summed E-state index contributed by atoms with van der Waals surface area (Å²) >= 11 is 3.42. The van der Waals surface area contributed by atoms with E-state index in [1.54, 1.807) is 10.6 Å². The Bertz CT molecular complexity index is 935. The lowest BCUT2D eigenvalue weighted by Crippen LogP contribution is -2.55. The summed E-state index contributed by atoms with van der Waals surface area (Å²) in [6.07, 6.45) is 1.70. The summed E-state index contributed by atoms with van der Waals surface area (Å²) in [6.45, 7) is 8.30. The van der Waals surface area contributed by atoms with Gasteiger partial charge in [-0.1, -0.05) is 29.3 Å². The summed E-state index contributed by atoms with van der Waals surface area (Å²) in [6, 6.07) is 6.14. The van der Waals surface area contributed by atoms with E-state index < -0.39 is 5.97 Å². The lowest BCUT2D eigenvalue weighted by Gasteiger charge is -2.41. The number of carboxylic acids is 1. The zero-order valence-electron chi connectivity index (χ0n) is 17.2. The minimum Gasteiger partial charge on any atom is -0.481 e. The molecule has 8 heteroatoms. The van der Waals surface area contributed by atoms with Gasteiger partial charge in [-0.15, -0.1) is 0 Å². The van der Waals surface area contributed by atoms with Crippen LogP contribution >= 0.6 is 15.9 Å². The van der Waals surface area contributed by atoms with Crippen LogP contribution in [0.3, 0.4) is 0 Å². The third-order valence-electron chi connectivity index (χ3n) is 5.38. The number of aromatic nitrogens is 2. The molecule has 0 spiro atoms. The van der Waals surface area contributed by atoms with Gasteiger partial charge in [0.1, 0.15) is 5.82 Å². The molecule has 0 saturated carbocycles. The average Bonchev–Trinajstić information content (AvgIpc) is 2.65. The topological polar surface area (TPSA) is 87.5 Å². The summed E-state index contributed by atoms with van der Waals surface area (Å²) in [7, 11) is 0. The maximum absolute atomic E-state index is 13.3. The van der Waals surface area contributed by atoms with Crippen LogP contribution in [-0.2, 0) is 11.3 Å². The maximum Gasteiger partial charge on any atom is 0.305 e. The number of hydrogen-bond acceptors (Lipinski definition) is 5. The third kappa shape index (κ3) is 5.05. The Morgan fingerprint density at radius 2 is 2.03 bits per heavy atom. The molecule has 1 aliphatic heterocycles. The highest BCUT2D eigenvalue weighted by Crippen LogP contribution is 2.28. The van der Waals surface area contributed by atoms with Crippen molar-refractivity contribution in [2.45, 2.75) is 64.7 Å². The van der Waals surface area contributed by atoms with Crippen molar-refractivity contribution in [3.05, 3.63) is 38.9 Å². The SMILES string of the molecule is CCCC(c1nc2ccc(Br)cc2c(=O)n1CCC(=O)O)N1C[C@@H](C)N[C@@H](C)C1. The second-order valence-corrected chi connectivity index (χ2v) is 8.87. The fourth-order valence-corrected chi connectivity index (χ4v) is 4.62. The largest absolute Gasteiger partial charge is 0.481 e. The molecule has 2 N–H and O–H groups in total. The molecular weight excluding hydrogens is 436 g/mol. The van der Waals surface area contributed by atoms with Crippen LogP contribution in [0.5, 0.6) is 0 Å². The first-order valence-electron chi connectivity index (χ1n) is 10.2. The minimum absolute atomic E-state index is 0.0264. The monoisotopic (exact) mass is 464 g/mol. The molecule has 7 nitrogen and oxygen atoms in total. The summed E-state index contributed by atoms with van der Waals surface area (Å²) < 4.78 is 2.39. The number of fused-ring (bicyclic) bond motifs is 1. The Morgan fingerprint density at radius 3 is 2.66 bits per heavy atom. The fraction of sp³-hybridized carbons (Fsp3) is 0.571. The quantitative estimate of drug-likeness (QED) is 0.654. The van der Waals surface area contributed by atoms with Crippen molar-refractivity contribution in [2.24, 2.45) is 0 Å². The highest BCUT2D eigenvalue weighted by molar-refractivity contribution is 9.10. The molecule has 2 aromatic rings. The first-order chi connectivity index (χ1) is 13.8. The van der Waals surface area contributed by atoms with Crippen molar-refractivity contribution in [1.82, 2.24) is 19.8 Å². The number of nitrogens with zero attached hydrogens (tertiary/aromatic N) is 3. The molecule has 2 heterocycles. The van der Waals surface area contributed by atoms with Crippen LogP contribution in [0.4, 0.5) is 0 Å². The molecule has 1 aliphatic rings. The molecule has 0 amide bonds. The van der Waals surface area contributed by atoms with E-state index in [0.717, 1.165) is 30.4 Å². The normalized spacial score (nSPS) is 21.4. The fourth-order valence-electron chi connectivity index (χ4n) is 4.26. The third-order valence-corrected chi connectivity index (χ3v) is 5.87. The van der Waals surface area contributed by atoms with Gasteiger partial charge in [0.25, 0.3) is 5.56 Å². The van der Waals surface area contributed by atoms with Gasteiger partial charge >= 0.3 is 5.97 Å². The number of halogens is 1. The van der Waals surface area contributed by atoms with Crippen LogP contribution in [-0.4, -0.2) is 50.7 Å². The second kappa shape index (κ2) is 9.36. The van der Waals surface area contributed by atoms with Gasteiger partial charge in [-0.2, -0.15) is 0 Å². The Morgan fingerprint density at radius 1 is 1.34 bits per heavy atom. The van der Waals surface area contributed by atoms with E-state index in [0.29, 0.717) is 28.8 Å². The number of aliphatic carboxylic acids is 1. The zero-order chi connectivity index (χ0) is 21.1. The molecule has 0 radical (unpaired) electrons. The van der Waals surface area contributed by atoms with Gasteiger partial charge in [0.2, 0.25) is 0 Å². The molecule has 1 fully saturated rings. The second-order valence-electron chi connectivity index (χ2n) is 7.96. The van der Waals surface area contributed by atoms with E-state index in [-0.39, 0.29) is 24.6 Å². The summed E-state index contributed by atoms with van der Waals surface area (Å²) in [5.74, 6) is -0.247. The molecule has 1 unspecified atom stereocenters. The van der Waals surface area contributed by atoms with Crippen LogP contribution in [0, 0.1) is 0 Å². The standard InChI is InChI=1S/C21H29BrN4O3/c1-4-5-18(25-11-13(2)23-14(3)12-25)20-24-17-7-6-15(22)10-16(17)21(29)26(20)9-8-19(27)28/h6-7,10,13-14,18,23H,4-5,8-9,11-12H2,1-3H3,(H,27,28)/t13-,14+,18?. The number of hydrogen-bond donors (Lipinski definition) is 2. The smallest absolute Gasteiger partial charge is 0.305 e. The Labute approximate surface area is 179 Å². The predicted octanol–water partition coefficient (Wildman–Crippen LogP) is 3.16. The number of benzene rings is 1. The number of nitrogens with one attached hydrogen (secondary N) is 1. The first-order valence-corrected chi connectivity index (χ1v) is 11.0. The highest BCUT2D eigenvalue weighted by atomic mass is 79.9. The van der Waals surface area contributed by atoms with Crippen molar-refractivity contribution >= 4 is 32.8 Å². The molecular formula is C21H29BrN4O3. The average molecular weight is 465 g/mol. The molecule has 158 valence electrons. The van der Waals surface area contributed by atoms with E-state index in [4.69, 9.17) is 4.98 Å². The number of carbonyl (C=O) groups is 1. The van der Waals surface area contributed by atoms with E-state index in [1.165, 1.54) is 0 Å². The molecule has 0 aliphatic carbocycles. The number of piperazine rings is 1. The van der Waals surface area contributed by atoms with E-state index in [2.05, 4.69) is 46.9 Å². The predicted molar refractivity (Wildman–Crippen MR) is 117 cm³/mol. The summed E-state index contributed by atoms with van der Waals surface area (Å²) in [5.41, 5.74) is 0.474. The first kappa shape index (κ1) is 21.9. The lowest BCUT2D eigenvalue weighted by molar-refractivity contribution is -0.137.